The minimum Gasteiger partial charge on any atom is -0.328 e. The molecule has 3 N–H and O–H groups in total. The molecular formula is C13H20N2. The molecule has 0 aromatic heterocycles. The van der Waals surface area contributed by atoms with Crippen LogP contribution in [0.5, 0.6) is 0 Å². The fourth-order valence-corrected chi connectivity index (χ4v) is 2.45. The van der Waals surface area contributed by atoms with Crippen molar-refractivity contribution in [1.29, 1.82) is 0 Å². The Morgan fingerprint density at radius 2 is 2.27 bits per heavy atom. The van der Waals surface area contributed by atoms with Crippen molar-refractivity contribution in [1.82, 2.24) is 5.32 Å². The fourth-order valence-electron chi connectivity index (χ4n) is 2.45. The zero-order valence-corrected chi connectivity index (χ0v) is 9.42. The summed E-state index contributed by atoms with van der Waals surface area (Å²) in [4.78, 5) is 0. The van der Waals surface area contributed by atoms with Gasteiger partial charge in [-0.25, -0.2) is 0 Å². The summed E-state index contributed by atoms with van der Waals surface area (Å²) in [7, 11) is 0. The van der Waals surface area contributed by atoms with Crippen LogP contribution in [0.4, 0.5) is 0 Å². The van der Waals surface area contributed by atoms with Gasteiger partial charge >= 0.3 is 0 Å². The first-order valence-corrected chi connectivity index (χ1v) is 5.79. The van der Waals surface area contributed by atoms with E-state index in [4.69, 9.17) is 5.73 Å². The van der Waals surface area contributed by atoms with Gasteiger partial charge < -0.3 is 11.1 Å². The van der Waals surface area contributed by atoms with Gasteiger partial charge in [0, 0.05) is 6.54 Å². The van der Waals surface area contributed by atoms with Gasteiger partial charge in [-0.1, -0.05) is 29.8 Å². The molecule has 2 nitrogen and oxygen atoms in total. The molecule has 0 aliphatic carbocycles. The maximum Gasteiger partial charge on any atom is 0.0558 e. The van der Waals surface area contributed by atoms with Gasteiger partial charge in [-0.2, -0.15) is 0 Å². The zero-order chi connectivity index (χ0) is 10.7. The molecule has 1 aliphatic heterocycles. The minimum absolute atomic E-state index is 0.0320. The molecule has 82 valence electrons. The number of rotatable bonds is 2. The Morgan fingerprint density at radius 1 is 1.40 bits per heavy atom. The van der Waals surface area contributed by atoms with Crippen molar-refractivity contribution >= 4 is 0 Å². The summed E-state index contributed by atoms with van der Waals surface area (Å²) in [6, 6.07) is 8.71. The van der Waals surface area contributed by atoms with Crippen molar-refractivity contribution in [2.45, 2.75) is 31.7 Å². The quantitative estimate of drug-likeness (QED) is 0.772. The van der Waals surface area contributed by atoms with Gasteiger partial charge in [0.15, 0.2) is 0 Å². The summed E-state index contributed by atoms with van der Waals surface area (Å²) >= 11 is 0. The van der Waals surface area contributed by atoms with E-state index in [2.05, 4.69) is 36.5 Å². The van der Waals surface area contributed by atoms with Gasteiger partial charge in [-0.3, -0.25) is 0 Å². The van der Waals surface area contributed by atoms with Crippen LogP contribution in [0.15, 0.2) is 24.3 Å². The van der Waals surface area contributed by atoms with E-state index in [0.29, 0.717) is 6.54 Å². The van der Waals surface area contributed by atoms with Crippen molar-refractivity contribution in [3.63, 3.8) is 0 Å². The molecule has 2 rings (SSSR count). The second-order valence-electron chi connectivity index (χ2n) is 4.54. The molecule has 2 heteroatoms. The lowest BCUT2D eigenvalue weighted by Crippen LogP contribution is -2.51. The lowest BCUT2D eigenvalue weighted by Gasteiger charge is -2.38. The normalized spacial score (nSPS) is 26.5. The van der Waals surface area contributed by atoms with Crippen LogP contribution in [-0.4, -0.2) is 13.1 Å². The van der Waals surface area contributed by atoms with E-state index in [9.17, 15) is 0 Å². The van der Waals surface area contributed by atoms with Crippen LogP contribution < -0.4 is 11.1 Å². The summed E-state index contributed by atoms with van der Waals surface area (Å²) in [6.45, 7) is 3.91. The van der Waals surface area contributed by atoms with E-state index in [0.717, 1.165) is 13.0 Å². The Labute approximate surface area is 91.9 Å². The van der Waals surface area contributed by atoms with Gasteiger partial charge in [0.25, 0.3) is 0 Å². The Balaban J connectivity index is 2.32. The number of hydrogen-bond acceptors (Lipinski definition) is 2. The number of benzene rings is 1. The van der Waals surface area contributed by atoms with E-state index in [-0.39, 0.29) is 5.54 Å². The number of nitrogens with one attached hydrogen (secondary N) is 1. The third-order valence-corrected chi connectivity index (χ3v) is 3.41. The molecule has 1 heterocycles. The van der Waals surface area contributed by atoms with Crippen molar-refractivity contribution in [2.75, 3.05) is 13.1 Å². The summed E-state index contributed by atoms with van der Waals surface area (Å²) in [6.07, 6.45) is 3.71. The van der Waals surface area contributed by atoms with Crippen LogP contribution in [0.1, 0.15) is 30.4 Å². The summed E-state index contributed by atoms with van der Waals surface area (Å²) in [5.74, 6) is 0. The molecule has 1 aliphatic rings. The van der Waals surface area contributed by atoms with E-state index >= 15 is 0 Å². The van der Waals surface area contributed by atoms with Gasteiger partial charge in [0.1, 0.15) is 0 Å². The van der Waals surface area contributed by atoms with Crippen molar-refractivity contribution in [3.05, 3.63) is 35.4 Å². The summed E-state index contributed by atoms with van der Waals surface area (Å²) in [5, 5.41) is 3.60. The molecule has 1 atom stereocenters. The molecule has 0 spiro atoms. The summed E-state index contributed by atoms with van der Waals surface area (Å²) < 4.78 is 0. The number of aryl methyl sites for hydroxylation is 1. The van der Waals surface area contributed by atoms with E-state index in [1.54, 1.807) is 0 Å². The molecule has 15 heavy (non-hydrogen) atoms. The molecular weight excluding hydrogens is 184 g/mol. The Hall–Kier alpha value is -0.860. The standard InChI is InChI=1S/C13H20N2/c1-11-5-4-6-12(9-11)13(10-14)7-2-3-8-15-13/h4-6,9,15H,2-3,7-8,10,14H2,1H3. The molecule has 0 amide bonds. The lowest BCUT2D eigenvalue weighted by atomic mass is 9.82. The van der Waals surface area contributed by atoms with Crippen molar-refractivity contribution in [2.24, 2.45) is 5.73 Å². The lowest BCUT2D eigenvalue weighted by molar-refractivity contribution is 0.265. The molecule has 1 aromatic carbocycles. The first-order chi connectivity index (χ1) is 7.27. The second-order valence-corrected chi connectivity index (χ2v) is 4.54. The smallest absolute Gasteiger partial charge is 0.0558 e. The third kappa shape index (κ3) is 2.06. The first kappa shape index (κ1) is 10.7. The van der Waals surface area contributed by atoms with Crippen molar-refractivity contribution in [3.8, 4) is 0 Å². The predicted octanol–water partition coefficient (Wildman–Crippen LogP) is 1.92. The van der Waals surface area contributed by atoms with Gasteiger partial charge in [0.2, 0.25) is 0 Å². The van der Waals surface area contributed by atoms with Crippen LogP contribution in [0.2, 0.25) is 0 Å². The Bertz CT molecular complexity index is 327. The largest absolute Gasteiger partial charge is 0.328 e. The fraction of sp³-hybridized carbons (Fsp3) is 0.538. The summed E-state index contributed by atoms with van der Waals surface area (Å²) in [5.41, 5.74) is 8.65. The number of nitrogens with two attached hydrogens (primary N) is 1. The highest BCUT2D eigenvalue weighted by molar-refractivity contribution is 5.30. The zero-order valence-electron chi connectivity index (χ0n) is 9.42. The van der Waals surface area contributed by atoms with Gasteiger partial charge in [0.05, 0.1) is 5.54 Å². The van der Waals surface area contributed by atoms with Crippen LogP contribution >= 0.6 is 0 Å². The topological polar surface area (TPSA) is 38.0 Å². The Kier molecular flexibility index (Phi) is 3.08. The Morgan fingerprint density at radius 3 is 2.87 bits per heavy atom. The van der Waals surface area contributed by atoms with Gasteiger partial charge in [-0.15, -0.1) is 0 Å². The number of piperidine rings is 1. The SMILES string of the molecule is Cc1cccc(C2(CN)CCCCN2)c1. The maximum absolute atomic E-state index is 5.96. The van der Waals surface area contributed by atoms with E-state index in [1.165, 1.54) is 24.0 Å². The molecule has 1 aromatic rings. The molecule has 1 unspecified atom stereocenters. The highest BCUT2D eigenvalue weighted by Gasteiger charge is 2.31. The van der Waals surface area contributed by atoms with Crippen LogP contribution in [0, 0.1) is 6.92 Å². The average Bonchev–Trinajstić information content (AvgIpc) is 2.30. The highest BCUT2D eigenvalue weighted by atomic mass is 15.0. The third-order valence-electron chi connectivity index (χ3n) is 3.41. The van der Waals surface area contributed by atoms with Gasteiger partial charge in [-0.05, 0) is 38.3 Å². The minimum atomic E-state index is 0.0320. The first-order valence-electron chi connectivity index (χ1n) is 5.79. The molecule has 0 saturated carbocycles. The van der Waals surface area contributed by atoms with Crippen LogP contribution in [-0.2, 0) is 5.54 Å². The molecule has 0 bridgehead atoms. The van der Waals surface area contributed by atoms with E-state index in [1.807, 2.05) is 0 Å². The van der Waals surface area contributed by atoms with E-state index < -0.39 is 0 Å². The molecule has 1 fully saturated rings. The highest BCUT2D eigenvalue weighted by Crippen LogP contribution is 2.29. The van der Waals surface area contributed by atoms with Crippen LogP contribution in [0.25, 0.3) is 0 Å². The number of hydrogen-bond donors (Lipinski definition) is 2. The predicted molar refractivity (Wildman–Crippen MR) is 63.8 cm³/mol. The van der Waals surface area contributed by atoms with Crippen LogP contribution in [0.3, 0.4) is 0 Å². The average molecular weight is 204 g/mol. The maximum atomic E-state index is 5.96. The monoisotopic (exact) mass is 204 g/mol. The molecule has 1 saturated heterocycles. The second kappa shape index (κ2) is 4.33. The van der Waals surface area contributed by atoms with Crippen molar-refractivity contribution < 1.29 is 0 Å². The molecule has 0 radical (unpaired) electrons.